The van der Waals surface area contributed by atoms with Crippen molar-refractivity contribution >= 4 is 5.91 Å². The van der Waals surface area contributed by atoms with Gasteiger partial charge in [-0.3, -0.25) is 4.79 Å². The molecule has 2 rings (SSSR count). The number of nitrogens with one attached hydrogen (secondary N) is 1. The van der Waals surface area contributed by atoms with Gasteiger partial charge in [0.2, 0.25) is 5.91 Å². The van der Waals surface area contributed by atoms with E-state index in [4.69, 9.17) is 10.5 Å². The zero-order valence-corrected chi connectivity index (χ0v) is 13.7. The first-order valence-corrected chi connectivity index (χ1v) is 8.31. The molecule has 1 aromatic carbocycles. The normalized spacial score (nSPS) is 17.3. The van der Waals surface area contributed by atoms with Crippen LogP contribution in [0.4, 0.5) is 0 Å². The van der Waals surface area contributed by atoms with Crippen LogP contribution in [0.2, 0.25) is 0 Å². The summed E-state index contributed by atoms with van der Waals surface area (Å²) in [6.07, 6.45) is 4.85. The average molecular weight is 304 g/mol. The molecule has 0 saturated heterocycles. The number of nitrogens with two attached hydrogens (primary N) is 1. The number of rotatable bonds is 6. The maximum absolute atomic E-state index is 12.2. The zero-order chi connectivity index (χ0) is 16.0. The molecule has 1 aromatic rings. The lowest BCUT2D eigenvalue weighted by molar-refractivity contribution is -0.127. The van der Waals surface area contributed by atoms with Gasteiger partial charge in [-0.25, -0.2) is 0 Å². The first kappa shape index (κ1) is 16.8. The third-order valence-electron chi connectivity index (χ3n) is 4.40. The van der Waals surface area contributed by atoms with Gasteiger partial charge in [0.25, 0.3) is 0 Å². The Balaban J connectivity index is 1.71. The molecule has 122 valence electrons. The molecule has 4 nitrogen and oxygen atoms in total. The van der Waals surface area contributed by atoms with Crippen LogP contribution in [-0.2, 0) is 4.79 Å². The minimum absolute atomic E-state index is 0.0362. The van der Waals surface area contributed by atoms with E-state index >= 15 is 0 Å². The van der Waals surface area contributed by atoms with E-state index in [2.05, 4.69) is 31.3 Å². The zero-order valence-electron chi connectivity index (χ0n) is 13.7. The van der Waals surface area contributed by atoms with Gasteiger partial charge in [0, 0.05) is 0 Å². The molecule has 1 saturated carbocycles. The molecule has 0 spiro atoms. The van der Waals surface area contributed by atoms with Gasteiger partial charge in [0.05, 0.1) is 12.1 Å². The number of amides is 1. The smallest absolute Gasteiger partial charge is 0.240 e. The fraction of sp³-hybridized carbons (Fsp3) is 0.611. The van der Waals surface area contributed by atoms with Crippen molar-refractivity contribution in [1.82, 2.24) is 5.32 Å². The van der Waals surface area contributed by atoms with E-state index < -0.39 is 5.54 Å². The van der Waals surface area contributed by atoms with E-state index in [-0.39, 0.29) is 5.91 Å². The monoisotopic (exact) mass is 304 g/mol. The van der Waals surface area contributed by atoms with Crippen LogP contribution in [0.3, 0.4) is 0 Å². The summed E-state index contributed by atoms with van der Waals surface area (Å²) in [7, 11) is 0. The van der Waals surface area contributed by atoms with Crippen LogP contribution in [0.1, 0.15) is 57.4 Å². The van der Waals surface area contributed by atoms with E-state index in [1.54, 1.807) is 0 Å². The standard InChI is InChI=1S/C18H28N2O2/c1-14(2)15-6-8-16(9-7-15)22-13-12-20-17(21)18(19)10-4-3-5-11-18/h6-9,14H,3-5,10-13,19H2,1-2H3,(H,20,21). The van der Waals surface area contributed by atoms with Gasteiger partial charge >= 0.3 is 0 Å². The molecule has 0 bridgehead atoms. The number of hydrogen-bond donors (Lipinski definition) is 2. The molecular formula is C18H28N2O2. The summed E-state index contributed by atoms with van der Waals surface area (Å²) in [6.45, 7) is 5.28. The van der Waals surface area contributed by atoms with Crippen molar-refractivity contribution in [2.75, 3.05) is 13.2 Å². The largest absolute Gasteiger partial charge is 0.492 e. The summed E-state index contributed by atoms with van der Waals surface area (Å²) >= 11 is 0. The minimum Gasteiger partial charge on any atom is -0.492 e. The van der Waals surface area contributed by atoms with Crippen LogP contribution in [0, 0.1) is 0 Å². The summed E-state index contributed by atoms with van der Waals surface area (Å²) in [6, 6.07) is 8.11. The first-order valence-electron chi connectivity index (χ1n) is 8.31. The Morgan fingerprint density at radius 2 is 1.86 bits per heavy atom. The Hall–Kier alpha value is -1.55. The molecule has 22 heavy (non-hydrogen) atoms. The van der Waals surface area contributed by atoms with Crippen molar-refractivity contribution in [3.05, 3.63) is 29.8 Å². The lowest BCUT2D eigenvalue weighted by Gasteiger charge is -2.31. The van der Waals surface area contributed by atoms with Gasteiger partial charge in [-0.05, 0) is 36.5 Å². The molecule has 0 heterocycles. The second kappa shape index (κ2) is 7.63. The van der Waals surface area contributed by atoms with Gasteiger partial charge < -0.3 is 15.8 Å². The highest BCUT2D eigenvalue weighted by molar-refractivity contribution is 5.86. The topological polar surface area (TPSA) is 64.3 Å². The third kappa shape index (κ3) is 4.47. The van der Waals surface area contributed by atoms with Gasteiger partial charge in [0.15, 0.2) is 0 Å². The van der Waals surface area contributed by atoms with Crippen molar-refractivity contribution in [3.63, 3.8) is 0 Å². The summed E-state index contributed by atoms with van der Waals surface area (Å²) < 4.78 is 5.66. The SMILES string of the molecule is CC(C)c1ccc(OCCNC(=O)C2(N)CCCCC2)cc1. The Labute approximate surface area is 133 Å². The maximum atomic E-state index is 12.2. The molecular weight excluding hydrogens is 276 g/mol. The highest BCUT2D eigenvalue weighted by Crippen LogP contribution is 2.25. The third-order valence-corrected chi connectivity index (χ3v) is 4.40. The molecule has 0 atom stereocenters. The molecule has 0 aromatic heterocycles. The lowest BCUT2D eigenvalue weighted by atomic mass is 9.82. The van der Waals surface area contributed by atoms with E-state index in [1.807, 2.05) is 12.1 Å². The molecule has 0 radical (unpaired) electrons. The number of carbonyl (C=O) groups is 1. The average Bonchev–Trinajstić information content (AvgIpc) is 2.52. The van der Waals surface area contributed by atoms with Gasteiger partial charge in [-0.2, -0.15) is 0 Å². The fourth-order valence-electron chi connectivity index (χ4n) is 2.87. The molecule has 1 aliphatic rings. The first-order chi connectivity index (χ1) is 10.5. The highest BCUT2D eigenvalue weighted by Gasteiger charge is 2.34. The van der Waals surface area contributed by atoms with Crippen LogP contribution in [0.25, 0.3) is 0 Å². The van der Waals surface area contributed by atoms with E-state index in [0.717, 1.165) is 31.4 Å². The lowest BCUT2D eigenvalue weighted by Crippen LogP contribution is -2.55. The Morgan fingerprint density at radius 1 is 1.23 bits per heavy atom. The van der Waals surface area contributed by atoms with Crippen LogP contribution >= 0.6 is 0 Å². The van der Waals surface area contributed by atoms with Crippen molar-refractivity contribution < 1.29 is 9.53 Å². The van der Waals surface area contributed by atoms with Gasteiger partial charge in [-0.15, -0.1) is 0 Å². The summed E-state index contributed by atoms with van der Waals surface area (Å²) in [5, 5.41) is 2.90. The summed E-state index contributed by atoms with van der Waals surface area (Å²) in [5.74, 6) is 1.31. The number of benzene rings is 1. The maximum Gasteiger partial charge on any atom is 0.240 e. The van der Waals surface area contributed by atoms with Crippen LogP contribution in [0.5, 0.6) is 5.75 Å². The highest BCUT2D eigenvalue weighted by atomic mass is 16.5. The summed E-state index contributed by atoms with van der Waals surface area (Å²) in [4.78, 5) is 12.2. The van der Waals surface area contributed by atoms with Gasteiger partial charge in [-0.1, -0.05) is 45.2 Å². The molecule has 0 unspecified atom stereocenters. The number of hydrogen-bond acceptors (Lipinski definition) is 3. The fourth-order valence-corrected chi connectivity index (χ4v) is 2.87. The molecule has 4 heteroatoms. The second-order valence-corrected chi connectivity index (χ2v) is 6.54. The Morgan fingerprint density at radius 3 is 2.45 bits per heavy atom. The predicted octanol–water partition coefficient (Wildman–Crippen LogP) is 2.97. The molecule has 1 amide bonds. The van der Waals surface area contributed by atoms with Crippen molar-refractivity contribution in [2.45, 2.75) is 57.4 Å². The molecule has 1 fully saturated rings. The van der Waals surface area contributed by atoms with E-state index in [9.17, 15) is 4.79 Å². The molecule has 3 N–H and O–H groups in total. The molecule has 1 aliphatic carbocycles. The van der Waals surface area contributed by atoms with E-state index in [1.165, 1.54) is 12.0 Å². The molecule has 0 aliphatic heterocycles. The van der Waals surface area contributed by atoms with Crippen molar-refractivity contribution in [2.24, 2.45) is 5.73 Å². The Bertz CT molecular complexity index is 476. The second-order valence-electron chi connectivity index (χ2n) is 6.54. The summed E-state index contributed by atoms with van der Waals surface area (Å²) in [5.41, 5.74) is 6.81. The minimum atomic E-state index is -0.669. The number of ether oxygens (including phenoxy) is 1. The van der Waals surface area contributed by atoms with Crippen molar-refractivity contribution in [3.8, 4) is 5.75 Å². The van der Waals surface area contributed by atoms with Gasteiger partial charge in [0.1, 0.15) is 12.4 Å². The quantitative estimate of drug-likeness (QED) is 0.794. The predicted molar refractivity (Wildman–Crippen MR) is 89.0 cm³/mol. The van der Waals surface area contributed by atoms with Crippen molar-refractivity contribution in [1.29, 1.82) is 0 Å². The van der Waals surface area contributed by atoms with E-state index in [0.29, 0.717) is 19.1 Å². The van der Waals surface area contributed by atoms with Crippen LogP contribution in [-0.4, -0.2) is 24.6 Å². The van der Waals surface area contributed by atoms with Crippen LogP contribution in [0.15, 0.2) is 24.3 Å². The Kier molecular flexibility index (Phi) is 5.83. The number of carbonyl (C=O) groups excluding carboxylic acids is 1. The van der Waals surface area contributed by atoms with Crippen LogP contribution < -0.4 is 15.8 Å².